The highest BCUT2D eigenvalue weighted by atomic mass is 16.5. The number of anilines is 6. The molecule has 0 aromatic heterocycles. The topological polar surface area (TPSA) is 15.7 Å². The summed E-state index contributed by atoms with van der Waals surface area (Å²) in [6, 6.07) is 105. The van der Waals surface area contributed by atoms with Crippen LogP contribution in [0.4, 0.5) is 34.1 Å². The number of hydrogen-bond acceptors (Lipinski definition) is 3. The lowest BCUT2D eigenvalue weighted by Gasteiger charge is -2.31. The van der Waals surface area contributed by atoms with E-state index in [1.165, 1.54) is 16.3 Å². The fraction of sp³-hybridized carbons (Fsp3) is 0. The summed E-state index contributed by atoms with van der Waals surface area (Å²) in [5, 5.41) is 6.87. The largest absolute Gasteiger partial charge is 0.456 e. The number of ether oxygens (including phenoxy) is 1. The quantitative estimate of drug-likeness (QED) is 0.127. The van der Waals surface area contributed by atoms with E-state index in [1.54, 1.807) is 0 Å². The summed E-state index contributed by atoms with van der Waals surface area (Å²) in [6.45, 7) is 0. The Morgan fingerprint density at radius 2 is 0.680 bits per heavy atom. The molecule has 1 aliphatic heterocycles. The minimum atomic E-state index is 0.808. The van der Waals surface area contributed by atoms with Crippen LogP contribution in [-0.4, -0.2) is 0 Å². The highest BCUT2D eigenvalue weighted by Gasteiger charge is 2.28. The van der Waals surface area contributed by atoms with Gasteiger partial charge in [-0.15, -0.1) is 0 Å². The molecule has 0 fully saturated rings. The number of para-hydroxylation sites is 4. The third kappa shape index (κ3) is 7.78. The lowest BCUT2D eigenvalue weighted by molar-refractivity contribution is 0.487. The van der Waals surface area contributed by atoms with E-state index in [4.69, 9.17) is 4.74 Å². The Hall–Kier alpha value is -9.96. The average Bonchev–Trinajstić information content (AvgIpc) is 3.49. The van der Waals surface area contributed by atoms with Gasteiger partial charge in [0.1, 0.15) is 11.5 Å². The summed E-state index contributed by atoms with van der Waals surface area (Å²) < 4.78 is 7.35. The second kappa shape index (κ2) is 18.6. The number of fused-ring (bicyclic) bond motifs is 6. The van der Waals surface area contributed by atoms with Crippen LogP contribution < -0.4 is 14.5 Å². The van der Waals surface area contributed by atoms with Crippen LogP contribution in [0.3, 0.4) is 0 Å². The zero-order chi connectivity index (χ0) is 49.7. The molecule has 3 heteroatoms. The zero-order valence-electron chi connectivity index (χ0n) is 41.0. The fourth-order valence-electron chi connectivity index (χ4n) is 11.3. The molecule has 1 heterocycles. The van der Waals surface area contributed by atoms with Crippen LogP contribution in [0.15, 0.2) is 291 Å². The summed E-state index contributed by atoms with van der Waals surface area (Å²) >= 11 is 0. The molecule has 0 unspecified atom stereocenters. The predicted molar refractivity (Wildman–Crippen MR) is 316 cm³/mol. The van der Waals surface area contributed by atoms with Crippen molar-refractivity contribution in [3.05, 3.63) is 291 Å². The summed E-state index contributed by atoms with van der Waals surface area (Å²) in [5.74, 6) is 1.64. The maximum Gasteiger partial charge on any atom is 0.137 e. The van der Waals surface area contributed by atoms with Crippen LogP contribution in [0.5, 0.6) is 11.5 Å². The van der Waals surface area contributed by atoms with Crippen molar-refractivity contribution in [2.24, 2.45) is 0 Å². The first-order chi connectivity index (χ1) is 37.2. The van der Waals surface area contributed by atoms with Crippen LogP contribution >= 0.6 is 0 Å². The van der Waals surface area contributed by atoms with E-state index in [1.807, 2.05) is 0 Å². The Morgan fingerprint density at radius 3 is 1.28 bits per heavy atom. The summed E-state index contributed by atoms with van der Waals surface area (Å²) in [5.41, 5.74) is 17.8. The molecule has 0 spiro atoms. The van der Waals surface area contributed by atoms with E-state index in [2.05, 4.69) is 301 Å². The van der Waals surface area contributed by atoms with Gasteiger partial charge in [-0.3, -0.25) is 0 Å². The van der Waals surface area contributed by atoms with Gasteiger partial charge in [0.05, 0.1) is 17.1 Å². The van der Waals surface area contributed by atoms with Crippen molar-refractivity contribution in [2.75, 3.05) is 9.80 Å². The molecular weight excluding hydrogens is 909 g/mol. The third-order valence-electron chi connectivity index (χ3n) is 14.8. The van der Waals surface area contributed by atoms with Crippen LogP contribution in [0.1, 0.15) is 0 Å². The highest BCUT2D eigenvalue weighted by Crippen LogP contribution is 2.55. The zero-order valence-corrected chi connectivity index (χ0v) is 41.0. The van der Waals surface area contributed by atoms with E-state index in [-0.39, 0.29) is 0 Å². The standard InChI is InChI=1S/C72H48N2O/c1-7-23-49(24-8-1)53-39-41-60-62(43-53)63-47-66-61-42-40-57(73(55-31-15-5-16-32-55)67-37-21-19-35-58(67)51-27-11-3-12-28-51)46-70(61)75-71-45-54(50-25-9-2-10-26-50)44-65(72(66)71)64(63)48-69(60)74(56-33-17-6-18-34-56)68-38-22-20-36-59(68)52-29-13-4-14-30-52/h1-48H. The first-order valence-corrected chi connectivity index (χ1v) is 25.7. The van der Waals surface area contributed by atoms with Crippen molar-refractivity contribution >= 4 is 66.4 Å². The van der Waals surface area contributed by atoms with E-state index in [0.717, 1.165) is 117 Å². The SMILES string of the molecule is c1ccc(-c2ccc3c(N(c4ccccc4)c4ccccc4-c4ccccc4)cc4c5cc(-c6ccccc6)cc6c5c(cc4c3c2)-c2ccc(N(c3ccccc3)c3ccccc3-c3ccccc3)cc2O6)cc1. The Kier molecular flexibility index (Phi) is 10.8. The Bertz CT molecular complexity index is 4240. The van der Waals surface area contributed by atoms with Crippen LogP contribution in [-0.2, 0) is 0 Å². The van der Waals surface area contributed by atoms with Crippen molar-refractivity contribution in [2.45, 2.75) is 0 Å². The molecule has 0 saturated heterocycles. The molecule has 13 aromatic rings. The molecular formula is C72H48N2O. The van der Waals surface area contributed by atoms with Crippen LogP contribution in [0.2, 0.25) is 0 Å². The molecule has 0 atom stereocenters. The van der Waals surface area contributed by atoms with Gasteiger partial charge >= 0.3 is 0 Å². The Morgan fingerprint density at radius 1 is 0.213 bits per heavy atom. The van der Waals surface area contributed by atoms with Crippen molar-refractivity contribution in [1.29, 1.82) is 0 Å². The minimum Gasteiger partial charge on any atom is -0.456 e. The molecule has 0 saturated carbocycles. The number of hydrogen-bond donors (Lipinski definition) is 0. The molecule has 0 radical (unpaired) electrons. The van der Waals surface area contributed by atoms with E-state index in [0.29, 0.717) is 0 Å². The van der Waals surface area contributed by atoms with Crippen LogP contribution in [0, 0.1) is 0 Å². The first-order valence-electron chi connectivity index (χ1n) is 25.7. The van der Waals surface area contributed by atoms with Crippen molar-refractivity contribution in [1.82, 2.24) is 0 Å². The van der Waals surface area contributed by atoms with Gasteiger partial charge in [0.25, 0.3) is 0 Å². The number of rotatable bonds is 10. The monoisotopic (exact) mass is 956 g/mol. The first kappa shape index (κ1) is 43.8. The maximum atomic E-state index is 7.35. The van der Waals surface area contributed by atoms with Gasteiger partial charge in [-0.25, -0.2) is 0 Å². The second-order valence-corrected chi connectivity index (χ2v) is 19.2. The van der Waals surface area contributed by atoms with E-state index < -0.39 is 0 Å². The number of benzene rings is 13. The Labute approximate surface area is 437 Å². The molecule has 0 aliphatic carbocycles. The van der Waals surface area contributed by atoms with Gasteiger partial charge in [-0.05, 0) is 139 Å². The molecule has 1 aliphatic rings. The molecule has 75 heavy (non-hydrogen) atoms. The molecule has 13 aromatic carbocycles. The molecule has 0 bridgehead atoms. The highest BCUT2D eigenvalue weighted by molar-refractivity contribution is 6.27. The summed E-state index contributed by atoms with van der Waals surface area (Å²) in [4.78, 5) is 4.81. The smallest absolute Gasteiger partial charge is 0.137 e. The molecule has 0 N–H and O–H groups in total. The predicted octanol–water partition coefficient (Wildman–Crippen LogP) is 20.5. The van der Waals surface area contributed by atoms with Gasteiger partial charge in [0.2, 0.25) is 0 Å². The number of nitrogens with zero attached hydrogens (tertiary/aromatic N) is 2. The third-order valence-corrected chi connectivity index (χ3v) is 14.8. The molecule has 352 valence electrons. The summed E-state index contributed by atoms with van der Waals surface area (Å²) in [6.07, 6.45) is 0. The minimum absolute atomic E-state index is 0.808. The summed E-state index contributed by atoms with van der Waals surface area (Å²) in [7, 11) is 0. The van der Waals surface area contributed by atoms with Gasteiger partial charge < -0.3 is 14.5 Å². The molecule has 3 nitrogen and oxygen atoms in total. The molecule has 14 rings (SSSR count). The normalized spacial score (nSPS) is 11.6. The lowest BCUT2D eigenvalue weighted by atomic mass is 9.86. The van der Waals surface area contributed by atoms with Gasteiger partial charge in [0, 0.05) is 50.6 Å². The van der Waals surface area contributed by atoms with Crippen molar-refractivity contribution in [3.63, 3.8) is 0 Å². The molecule has 0 amide bonds. The van der Waals surface area contributed by atoms with E-state index >= 15 is 0 Å². The maximum absolute atomic E-state index is 7.35. The van der Waals surface area contributed by atoms with Gasteiger partial charge in [0.15, 0.2) is 0 Å². The van der Waals surface area contributed by atoms with Gasteiger partial charge in [-0.1, -0.05) is 206 Å². The second-order valence-electron chi connectivity index (χ2n) is 19.2. The van der Waals surface area contributed by atoms with Crippen molar-refractivity contribution < 1.29 is 4.74 Å². The van der Waals surface area contributed by atoms with Gasteiger partial charge in [-0.2, -0.15) is 0 Å². The fourth-order valence-corrected chi connectivity index (χ4v) is 11.3. The van der Waals surface area contributed by atoms with Crippen molar-refractivity contribution in [3.8, 4) is 67.1 Å². The lowest BCUT2D eigenvalue weighted by Crippen LogP contribution is -2.12. The van der Waals surface area contributed by atoms with E-state index in [9.17, 15) is 0 Å². The Balaban J connectivity index is 1.06. The average molecular weight is 957 g/mol. The van der Waals surface area contributed by atoms with Crippen LogP contribution in [0.25, 0.3) is 88.0 Å².